The van der Waals surface area contributed by atoms with Crippen LogP contribution < -0.4 is 4.57 Å². The first-order valence-electron chi connectivity index (χ1n) is 4.25. The lowest BCUT2D eigenvalue weighted by Gasteiger charge is -2.20. The summed E-state index contributed by atoms with van der Waals surface area (Å²) in [4.78, 5) is 0. The van der Waals surface area contributed by atoms with Crippen molar-refractivity contribution in [3.63, 3.8) is 0 Å². The molecular formula is C8H16NO3SSi+. The summed E-state index contributed by atoms with van der Waals surface area (Å²) in [5, 5.41) is 2.08. The van der Waals surface area contributed by atoms with E-state index < -0.39 is 8.80 Å². The molecule has 0 amide bonds. The minimum absolute atomic E-state index is 0.659. The molecule has 1 aromatic heterocycles. The van der Waals surface area contributed by atoms with Crippen LogP contribution >= 0.6 is 11.3 Å². The fraction of sp³-hybridized carbons (Fsp3) is 0.625. The van der Waals surface area contributed by atoms with Crippen molar-refractivity contribution in [1.29, 1.82) is 0 Å². The van der Waals surface area contributed by atoms with Gasteiger partial charge in [-0.05, 0) is 0 Å². The van der Waals surface area contributed by atoms with Crippen LogP contribution in [0.4, 0.5) is 0 Å². The van der Waals surface area contributed by atoms with E-state index in [1.165, 1.54) is 5.69 Å². The molecule has 0 saturated heterocycles. The van der Waals surface area contributed by atoms with Gasteiger partial charge in [0.25, 0.3) is 0 Å². The van der Waals surface area contributed by atoms with Crippen molar-refractivity contribution in [3.8, 4) is 0 Å². The van der Waals surface area contributed by atoms with E-state index in [4.69, 9.17) is 13.3 Å². The number of aromatic nitrogens is 1. The summed E-state index contributed by atoms with van der Waals surface area (Å²) in [6.07, 6.45) is 0.659. The van der Waals surface area contributed by atoms with Crippen molar-refractivity contribution >= 4 is 20.1 Å². The third kappa shape index (κ3) is 2.40. The maximum atomic E-state index is 5.34. The van der Waals surface area contributed by atoms with Crippen LogP contribution in [-0.4, -0.2) is 30.1 Å². The Morgan fingerprint density at radius 2 is 1.86 bits per heavy atom. The molecule has 0 aliphatic carbocycles. The summed E-state index contributed by atoms with van der Waals surface area (Å²) in [5.41, 5.74) is 3.23. The van der Waals surface area contributed by atoms with Crippen LogP contribution in [0, 0.1) is 6.92 Å². The van der Waals surface area contributed by atoms with Crippen molar-refractivity contribution in [1.82, 2.24) is 0 Å². The fourth-order valence-corrected chi connectivity index (χ4v) is 3.73. The van der Waals surface area contributed by atoms with Gasteiger partial charge in [-0.15, -0.1) is 0 Å². The quantitative estimate of drug-likeness (QED) is 0.557. The fourth-order valence-electron chi connectivity index (χ4n) is 1.17. The molecule has 0 unspecified atom stereocenters. The molecule has 0 spiro atoms. The molecule has 0 aliphatic heterocycles. The van der Waals surface area contributed by atoms with Gasteiger partial charge in [0.05, 0.1) is 5.38 Å². The van der Waals surface area contributed by atoms with Gasteiger partial charge in [-0.2, -0.15) is 4.57 Å². The number of thiazole rings is 1. The molecule has 0 bridgehead atoms. The Hall–Kier alpha value is -0.273. The minimum atomic E-state index is -2.48. The van der Waals surface area contributed by atoms with Gasteiger partial charge in [0.1, 0.15) is 0 Å². The highest BCUT2D eigenvalue weighted by molar-refractivity contribution is 7.07. The standard InChI is InChI=1S/C8H16NO3SSi/c1-8-5-13-6-9(8)7-14(10-2,11-3)12-4/h5-6H,7H2,1-4H3/q+1. The second-order valence-electron chi connectivity index (χ2n) is 2.92. The van der Waals surface area contributed by atoms with Crippen LogP contribution in [0.3, 0.4) is 0 Å². The molecule has 0 N–H and O–H groups in total. The first kappa shape index (κ1) is 11.8. The Bertz CT molecular complexity index is 280. The third-order valence-electron chi connectivity index (χ3n) is 2.18. The molecule has 0 aliphatic rings. The van der Waals surface area contributed by atoms with Crippen LogP contribution in [-0.2, 0) is 19.4 Å². The average molecular weight is 234 g/mol. The van der Waals surface area contributed by atoms with Crippen molar-refractivity contribution in [2.24, 2.45) is 0 Å². The molecule has 4 nitrogen and oxygen atoms in total. The summed E-state index contributed by atoms with van der Waals surface area (Å²) in [5.74, 6) is 0. The van der Waals surface area contributed by atoms with Gasteiger partial charge in [0, 0.05) is 28.3 Å². The van der Waals surface area contributed by atoms with E-state index in [0.29, 0.717) is 6.17 Å². The van der Waals surface area contributed by atoms with Gasteiger partial charge in [-0.1, -0.05) is 11.3 Å². The molecule has 1 heterocycles. The molecule has 0 saturated carbocycles. The molecule has 0 aromatic carbocycles. The molecule has 0 radical (unpaired) electrons. The highest BCUT2D eigenvalue weighted by Crippen LogP contribution is 2.07. The van der Waals surface area contributed by atoms with Crippen LogP contribution in [0.2, 0.25) is 0 Å². The van der Waals surface area contributed by atoms with Crippen LogP contribution in [0.1, 0.15) is 5.69 Å². The van der Waals surface area contributed by atoms with Crippen molar-refractivity contribution < 1.29 is 17.8 Å². The molecule has 0 atom stereocenters. The van der Waals surface area contributed by atoms with E-state index in [2.05, 4.69) is 16.9 Å². The van der Waals surface area contributed by atoms with E-state index in [-0.39, 0.29) is 0 Å². The van der Waals surface area contributed by atoms with Gasteiger partial charge >= 0.3 is 8.80 Å². The zero-order valence-electron chi connectivity index (χ0n) is 8.94. The Kier molecular flexibility index (Phi) is 4.21. The van der Waals surface area contributed by atoms with Gasteiger partial charge in [0.15, 0.2) is 5.69 Å². The molecule has 1 rings (SSSR count). The normalized spacial score (nSPS) is 12.0. The van der Waals surface area contributed by atoms with Gasteiger partial charge < -0.3 is 13.3 Å². The lowest BCUT2D eigenvalue weighted by atomic mass is 10.6. The monoisotopic (exact) mass is 234 g/mol. The number of hydrogen-bond acceptors (Lipinski definition) is 4. The number of rotatable bonds is 5. The summed E-state index contributed by atoms with van der Waals surface area (Å²) < 4.78 is 18.1. The summed E-state index contributed by atoms with van der Waals surface area (Å²) >= 11 is 1.66. The Labute approximate surface area is 89.4 Å². The smallest absolute Gasteiger partial charge is 0.373 e. The van der Waals surface area contributed by atoms with E-state index in [0.717, 1.165) is 0 Å². The molecule has 1 aromatic rings. The molecule has 6 heteroatoms. The minimum Gasteiger partial charge on any atom is -0.373 e. The van der Waals surface area contributed by atoms with Crippen LogP contribution in [0.5, 0.6) is 0 Å². The zero-order chi connectivity index (χ0) is 10.6. The van der Waals surface area contributed by atoms with Gasteiger partial charge in [-0.25, -0.2) is 0 Å². The maximum Gasteiger partial charge on any atom is 0.569 e. The van der Waals surface area contributed by atoms with E-state index in [1.807, 2.05) is 5.51 Å². The van der Waals surface area contributed by atoms with E-state index >= 15 is 0 Å². The molecule has 14 heavy (non-hydrogen) atoms. The van der Waals surface area contributed by atoms with E-state index in [9.17, 15) is 0 Å². The Morgan fingerprint density at radius 1 is 1.29 bits per heavy atom. The number of nitrogens with zero attached hydrogens (tertiary/aromatic N) is 1. The molecule has 80 valence electrons. The maximum absolute atomic E-state index is 5.34. The van der Waals surface area contributed by atoms with Gasteiger partial charge in [-0.3, -0.25) is 0 Å². The number of hydrogen-bond donors (Lipinski definition) is 0. The summed E-state index contributed by atoms with van der Waals surface area (Å²) in [7, 11) is 2.40. The highest BCUT2D eigenvalue weighted by atomic mass is 32.1. The predicted molar refractivity (Wildman–Crippen MR) is 56.0 cm³/mol. The van der Waals surface area contributed by atoms with Crippen LogP contribution in [0.25, 0.3) is 0 Å². The van der Waals surface area contributed by atoms with Crippen molar-refractivity contribution in [2.75, 3.05) is 21.3 Å². The number of aryl methyl sites for hydroxylation is 1. The van der Waals surface area contributed by atoms with Crippen molar-refractivity contribution in [2.45, 2.75) is 13.1 Å². The third-order valence-corrected chi connectivity index (χ3v) is 5.62. The lowest BCUT2D eigenvalue weighted by molar-refractivity contribution is -0.686. The lowest BCUT2D eigenvalue weighted by Crippen LogP contribution is -2.56. The van der Waals surface area contributed by atoms with Gasteiger partial charge in [0.2, 0.25) is 11.7 Å². The molecular weight excluding hydrogens is 218 g/mol. The average Bonchev–Trinajstić information content (AvgIpc) is 2.61. The largest absolute Gasteiger partial charge is 0.569 e. The predicted octanol–water partition coefficient (Wildman–Crippen LogP) is 0.761. The summed E-state index contributed by atoms with van der Waals surface area (Å²) in [6, 6.07) is 0. The Morgan fingerprint density at radius 3 is 2.21 bits per heavy atom. The summed E-state index contributed by atoms with van der Waals surface area (Å²) in [6.45, 7) is 2.05. The highest BCUT2D eigenvalue weighted by Gasteiger charge is 2.44. The topological polar surface area (TPSA) is 31.6 Å². The van der Waals surface area contributed by atoms with Crippen LogP contribution in [0.15, 0.2) is 10.9 Å². The second-order valence-corrected chi connectivity index (χ2v) is 6.55. The zero-order valence-corrected chi connectivity index (χ0v) is 10.8. The SMILES string of the molecule is CO[Si](C[n+]1cscc1C)(OC)OC. The second kappa shape index (κ2) is 4.99. The Balaban J connectivity index is 2.79. The first-order chi connectivity index (χ1) is 6.67. The van der Waals surface area contributed by atoms with Crippen molar-refractivity contribution in [3.05, 3.63) is 16.6 Å². The van der Waals surface area contributed by atoms with E-state index in [1.54, 1.807) is 32.7 Å². The first-order valence-corrected chi connectivity index (χ1v) is 7.12. The molecule has 0 fully saturated rings.